The van der Waals surface area contributed by atoms with Gasteiger partial charge >= 0.3 is 0 Å². The first-order valence-electron chi connectivity index (χ1n) is 5.85. The van der Waals surface area contributed by atoms with Gasteiger partial charge in [0.2, 0.25) is 0 Å². The van der Waals surface area contributed by atoms with Gasteiger partial charge in [-0.05, 0) is 29.7 Å². The van der Waals surface area contributed by atoms with E-state index in [1.807, 2.05) is 18.2 Å². The van der Waals surface area contributed by atoms with E-state index in [0.29, 0.717) is 0 Å². The van der Waals surface area contributed by atoms with Gasteiger partial charge in [0, 0.05) is 20.9 Å². The average Bonchev–Trinajstić information content (AvgIpc) is 2.40. The number of nitrogen functional groups attached to an aromatic ring is 1. The molecule has 0 saturated heterocycles. The van der Waals surface area contributed by atoms with Crippen LogP contribution in [-0.2, 0) is 0 Å². The van der Waals surface area contributed by atoms with Crippen LogP contribution in [0.5, 0.6) is 0 Å². The minimum Gasteiger partial charge on any atom is -0.398 e. The Hall–Kier alpha value is -1.93. The van der Waals surface area contributed by atoms with Gasteiger partial charge in [0.15, 0.2) is 0 Å². The van der Waals surface area contributed by atoms with Crippen molar-refractivity contribution in [3.63, 3.8) is 0 Å². The standard InChI is InChI=1S/C16H13NS/c17-14-10-4-6-12-7-5-11-15(16(12)14)18-13-8-2-1-3-9-13/h1-11H,17H2. The predicted octanol–water partition coefficient (Wildman–Crippen LogP) is 4.57. The minimum atomic E-state index is 0.839. The number of hydrogen-bond acceptors (Lipinski definition) is 2. The number of hydrogen-bond donors (Lipinski definition) is 1. The largest absolute Gasteiger partial charge is 0.398 e. The summed E-state index contributed by atoms with van der Waals surface area (Å²) in [5.41, 5.74) is 6.94. The Balaban J connectivity index is 2.12. The van der Waals surface area contributed by atoms with E-state index in [1.165, 1.54) is 15.2 Å². The van der Waals surface area contributed by atoms with Crippen molar-refractivity contribution in [2.75, 3.05) is 5.73 Å². The second-order valence-electron chi connectivity index (χ2n) is 4.12. The van der Waals surface area contributed by atoms with Crippen LogP contribution in [0.15, 0.2) is 76.5 Å². The van der Waals surface area contributed by atoms with E-state index in [4.69, 9.17) is 5.73 Å². The van der Waals surface area contributed by atoms with Gasteiger partial charge in [-0.25, -0.2) is 0 Å². The molecule has 0 bridgehead atoms. The van der Waals surface area contributed by atoms with E-state index >= 15 is 0 Å². The third-order valence-corrected chi connectivity index (χ3v) is 3.94. The number of fused-ring (bicyclic) bond motifs is 1. The summed E-state index contributed by atoms with van der Waals surface area (Å²) in [4.78, 5) is 2.44. The van der Waals surface area contributed by atoms with Crippen LogP contribution in [0.2, 0.25) is 0 Å². The first kappa shape index (κ1) is 11.2. The van der Waals surface area contributed by atoms with Crippen molar-refractivity contribution < 1.29 is 0 Å². The summed E-state index contributed by atoms with van der Waals surface area (Å²) in [6.07, 6.45) is 0. The molecule has 0 amide bonds. The van der Waals surface area contributed by atoms with Gasteiger partial charge in [0.25, 0.3) is 0 Å². The normalized spacial score (nSPS) is 10.7. The van der Waals surface area contributed by atoms with Gasteiger partial charge in [-0.2, -0.15) is 0 Å². The van der Waals surface area contributed by atoms with Crippen LogP contribution in [0.4, 0.5) is 5.69 Å². The molecule has 3 aromatic carbocycles. The first-order chi connectivity index (χ1) is 8.84. The monoisotopic (exact) mass is 251 g/mol. The van der Waals surface area contributed by atoms with Crippen LogP contribution in [-0.4, -0.2) is 0 Å². The van der Waals surface area contributed by atoms with E-state index in [0.717, 1.165) is 11.1 Å². The molecule has 0 aliphatic rings. The van der Waals surface area contributed by atoms with Crippen molar-refractivity contribution in [2.24, 2.45) is 0 Å². The Kier molecular flexibility index (Phi) is 2.95. The number of nitrogens with two attached hydrogens (primary N) is 1. The number of rotatable bonds is 2. The van der Waals surface area contributed by atoms with E-state index in [-0.39, 0.29) is 0 Å². The summed E-state index contributed by atoms with van der Waals surface area (Å²) < 4.78 is 0. The van der Waals surface area contributed by atoms with E-state index < -0.39 is 0 Å². The quantitative estimate of drug-likeness (QED) is 0.675. The summed E-state index contributed by atoms with van der Waals surface area (Å²) in [6.45, 7) is 0. The molecule has 3 rings (SSSR count). The molecule has 0 heterocycles. The SMILES string of the molecule is Nc1cccc2cccc(Sc3ccccc3)c12. The second-order valence-corrected chi connectivity index (χ2v) is 5.23. The van der Waals surface area contributed by atoms with Crippen LogP contribution in [0.25, 0.3) is 10.8 Å². The van der Waals surface area contributed by atoms with E-state index in [2.05, 4.69) is 48.5 Å². The summed E-state index contributed by atoms with van der Waals surface area (Å²) in [6, 6.07) is 22.7. The molecule has 0 spiro atoms. The molecule has 0 aliphatic carbocycles. The highest BCUT2D eigenvalue weighted by Gasteiger charge is 2.05. The summed E-state index contributed by atoms with van der Waals surface area (Å²) in [7, 11) is 0. The Labute approximate surface area is 111 Å². The van der Waals surface area contributed by atoms with Gasteiger partial charge in [-0.3, -0.25) is 0 Å². The Morgan fingerprint density at radius 1 is 0.722 bits per heavy atom. The van der Waals surface area contributed by atoms with E-state index in [1.54, 1.807) is 11.8 Å². The topological polar surface area (TPSA) is 26.0 Å². The van der Waals surface area contributed by atoms with Crippen molar-refractivity contribution in [3.8, 4) is 0 Å². The molecule has 88 valence electrons. The Bertz CT molecular complexity index is 672. The van der Waals surface area contributed by atoms with E-state index in [9.17, 15) is 0 Å². The van der Waals surface area contributed by atoms with Gasteiger partial charge in [0.1, 0.15) is 0 Å². The van der Waals surface area contributed by atoms with Crippen molar-refractivity contribution in [2.45, 2.75) is 9.79 Å². The molecule has 0 fully saturated rings. The predicted molar refractivity (Wildman–Crippen MR) is 78.9 cm³/mol. The zero-order valence-electron chi connectivity index (χ0n) is 9.84. The smallest absolute Gasteiger partial charge is 0.0405 e. The van der Waals surface area contributed by atoms with Crippen LogP contribution < -0.4 is 5.73 Å². The fourth-order valence-electron chi connectivity index (χ4n) is 2.04. The third-order valence-electron chi connectivity index (χ3n) is 2.87. The Morgan fingerprint density at radius 3 is 2.22 bits per heavy atom. The molecular weight excluding hydrogens is 238 g/mol. The van der Waals surface area contributed by atoms with Crippen LogP contribution in [0.1, 0.15) is 0 Å². The van der Waals surface area contributed by atoms with Crippen LogP contribution >= 0.6 is 11.8 Å². The summed E-state index contributed by atoms with van der Waals surface area (Å²) in [5, 5.41) is 2.34. The molecule has 18 heavy (non-hydrogen) atoms. The number of benzene rings is 3. The van der Waals surface area contributed by atoms with Gasteiger partial charge in [-0.15, -0.1) is 0 Å². The fourth-order valence-corrected chi connectivity index (χ4v) is 3.07. The molecular formula is C16H13NS. The fraction of sp³-hybridized carbons (Fsp3) is 0. The average molecular weight is 251 g/mol. The highest BCUT2D eigenvalue weighted by molar-refractivity contribution is 7.99. The maximum Gasteiger partial charge on any atom is 0.0405 e. The molecule has 0 radical (unpaired) electrons. The van der Waals surface area contributed by atoms with Crippen molar-refractivity contribution in [3.05, 3.63) is 66.7 Å². The highest BCUT2D eigenvalue weighted by Crippen LogP contribution is 2.35. The summed E-state index contributed by atoms with van der Waals surface area (Å²) in [5.74, 6) is 0. The zero-order valence-corrected chi connectivity index (χ0v) is 10.7. The lowest BCUT2D eigenvalue weighted by Gasteiger charge is -2.08. The lowest BCUT2D eigenvalue weighted by Crippen LogP contribution is -1.88. The van der Waals surface area contributed by atoms with Crippen molar-refractivity contribution in [1.82, 2.24) is 0 Å². The van der Waals surface area contributed by atoms with Gasteiger partial charge < -0.3 is 5.73 Å². The third kappa shape index (κ3) is 2.07. The molecule has 0 unspecified atom stereocenters. The van der Waals surface area contributed by atoms with Gasteiger partial charge in [-0.1, -0.05) is 54.2 Å². The molecule has 3 aromatic rings. The first-order valence-corrected chi connectivity index (χ1v) is 6.66. The van der Waals surface area contributed by atoms with Crippen molar-refractivity contribution >= 4 is 28.2 Å². The molecule has 2 N–H and O–H groups in total. The molecule has 0 saturated carbocycles. The Morgan fingerprint density at radius 2 is 1.44 bits per heavy atom. The second kappa shape index (κ2) is 4.75. The summed E-state index contributed by atoms with van der Waals surface area (Å²) >= 11 is 1.75. The lowest BCUT2D eigenvalue weighted by atomic mass is 10.1. The molecule has 0 aliphatic heterocycles. The molecule has 2 heteroatoms. The maximum absolute atomic E-state index is 6.10. The molecule has 1 nitrogen and oxygen atoms in total. The lowest BCUT2D eigenvalue weighted by molar-refractivity contribution is 1.44. The van der Waals surface area contributed by atoms with Crippen LogP contribution in [0, 0.1) is 0 Å². The minimum absolute atomic E-state index is 0.839. The van der Waals surface area contributed by atoms with Gasteiger partial charge in [0.05, 0.1) is 0 Å². The number of anilines is 1. The zero-order chi connectivity index (χ0) is 12.4. The maximum atomic E-state index is 6.10. The molecule has 0 aromatic heterocycles. The molecule has 0 atom stereocenters. The van der Waals surface area contributed by atoms with Crippen molar-refractivity contribution in [1.29, 1.82) is 0 Å². The van der Waals surface area contributed by atoms with Crippen LogP contribution in [0.3, 0.4) is 0 Å². The highest BCUT2D eigenvalue weighted by atomic mass is 32.2.